The first-order valence-electron chi connectivity index (χ1n) is 8.09. The lowest BCUT2D eigenvalue weighted by molar-refractivity contribution is -0.387. The van der Waals surface area contributed by atoms with Crippen molar-refractivity contribution in [2.24, 2.45) is 0 Å². The van der Waals surface area contributed by atoms with E-state index in [-0.39, 0.29) is 17.6 Å². The number of pyridine rings is 1. The van der Waals surface area contributed by atoms with E-state index in [4.69, 9.17) is 23.2 Å². The Hall–Kier alpha value is -1.39. The molecule has 11 heteroatoms. The van der Waals surface area contributed by atoms with Gasteiger partial charge in [-0.1, -0.05) is 35.0 Å². The molecule has 3 rings (SSSR count). The highest BCUT2D eigenvalue weighted by atomic mass is 35.5. The molecule has 144 valence electrons. The summed E-state index contributed by atoms with van der Waals surface area (Å²) >= 11 is 14.3. The quantitative estimate of drug-likeness (QED) is 0.542. The van der Waals surface area contributed by atoms with E-state index >= 15 is 0 Å². The van der Waals surface area contributed by atoms with Crippen LogP contribution in [0.1, 0.15) is 22.5 Å². The van der Waals surface area contributed by atoms with Gasteiger partial charge in [0.05, 0.1) is 19.9 Å². The van der Waals surface area contributed by atoms with Crippen molar-refractivity contribution in [3.05, 3.63) is 43.5 Å². The van der Waals surface area contributed by atoms with Gasteiger partial charge in [0.25, 0.3) is 11.6 Å². The van der Waals surface area contributed by atoms with Gasteiger partial charge in [-0.3, -0.25) is 19.9 Å². The van der Waals surface area contributed by atoms with Crippen molar-refractivity contribution in [2.45, 2.75) is 28.0 Å². The number of halogens is 2. The van der Waals surface area contributed by atoms with E-state index < -0.39 is 4.92 Å². The zero-order valence-corrected chi connectivity index (χ0v) is 17.4. The molecule has 1 N–H and O–H groups in total. The van der Waals surface area contributed by atoms with Gasteiger partial charge < -0.3 is 10.2 Å². The molecule has 27 heavy (non-hydrogen) atoms. The second-order valence-corrected chi connectivity index (χ2v) is 9.30. The number of nitrogens with zero attached hydrogens (tertiary/aromatic N) is 3. The maximum Gasteiger partial charge on any atom is 0.294 e. The molecule has 2 aromatic rings. The standard InChI is InChI=1S/C16H16Cl2N4O3S2/c1-21-4-2-3-9(8-21)20-15(23)13-5-12(22(24)25)16(26-13)27-14-10(17)6-19-7-11(14)18/h5-7,9H,2-4,8H2,1H3,(H,20,23). The highest BCUT2D eigenvalue weighted by Gasteiger charge is 2.26. The molecule has 0 spiro atoms. The number of carbonyl (C=O) groups is 1. The van der Waals surface area contributed by atoms with Crippen molar-refractivity contribution < 1.29 is 9.72 Å². The smallest absolute Gasteiger partial charge is 0.294 e. The van der Waals surface area contributed by atoms with Gasteiger partial charge in [-0.2, -0.15) is 0 Å². The number of hydrogen-bond donors (Lipinski definition) is 1. The molecular weight excluding hydrogens is 431 g/mol. The molecule has 0 radical (unpaired) electrons. The van der Waals surface area contributed by atoms with Crippen LogP contribution in [0, 0.1) is 10.1 Å². The molecule has 1 fully saturated rings. The van der Waals surface area contributed by atoms with Gasteiger partial charge in [0, 0.05) is 31.0 Å². The third-order valence-corrected chi connectivity index (χ3v) is 7.32. The zero-order chi connectivity index (χ0) is 19.6. The van der Waals surface area contributed by atoms with Crippen molar-refractivity contribution in [1.29, 1.82) is 0 Å². The summed E-state index contributed by atoms with van der Waals surface area (Å²) in [6.45, 7) is 1.77. The largest absolute Gasteiger partial charge is 0.347 e. The average Bonchev–Trinajstić information content (AvgIpc) is 3.03. The summed E-state index contributed by atoms with van der Waals surface area (Å²) in [6.07, 6.45) is 4.74. The number of likely N-dealkylation sites (N-methyl/N-ethyl adjacent to an activating group) is 1. The fraction of sp³-hybridized carbons (Fsp3) is 0.375. The van der Waals surface area contributed by atoms with Gasteiger partial charge in [-0.25, -0.2) is 0 Å². The molecule has 2 aromatic heterocycles. The number of nitro groups is 1. The van der Waals surface area contributed by atoms with E-state index in [9.17, 15) is 14.9 Å². The summed E-state index contributed by atoms with van der Waals surface area (Å²) in [6, 6.07) is 1.34. The summed E-state index contributed by atoms with van der Waals surface area (Å²) in [5.41, 5.74) is -0.139. The van der Waals surface area contributed by atoms with Crippen molar-refractivity contribution in [3.8, 4) is 0 Å². The van der Waals surface area contributed by atoms with Crippen LogP contribution in [0.5, 0.6) is 0 Å². The number of nitrogens with one attached hydrogen (secondary N) is 1. The molecule has 0 aromatic carbocycles. The maximum absolute atomic E-state index is 12.6. The number of aromatic nitrogens is 1. The van der Waals surface area contributed by atoms with Crippen LogP contribution < -0.4 is 5.32 Å². The number of piperidine rings is 1. The highest BCUT2D eigenvalue weighted by Crippen LogP contribution is 2.45. The number of carbonyl (C=O) groups excluding carboxylic acids is 1. The van der Waals surface area contributed by atoms with Crippen molar-refractivity contribution >= 4 is 57.9 Å². The Morgan fingerprint density at radius 2 is 2.15 bits per heavy atom. The van der Waals surface area contributed by atoms with Gasteiger partial charge >= 0.3 is 0 Å². The highest BCUT2D eigenvalue weighted by molar-refractivity contribution is 8.01. The summed E-state index contributed by atoms with van der Waals surface area (Å²) in [5, 5.41) is 15.0. The fourth-order valence-electron chi connectivity index (χ4n) is 2.81. The van der Waals surface area contributed by atoms with Gasteiger partial charge in [0.15, 0.2) is 0 Å². The third kappa shape index (κ3) is 4.91. The minimum Gasteiger partial charge on any atom is -0.347 e. The van der Waals surface area contributed by atoms with Gasteiger partial charge in [0.1, 0.15) is 9.09 Å². The van der Waals surface area contributed by atoms with E-state index in [0.717, 1.165) is 49.0 Å². The van der Waals surface area contributed by atoms with Crippen LogP contribution in [0.4, 0.5) is 5.69 Å². The van der Waals surface area contributed by atoms with Crippen LogP contribution in [0.15, 0.2) is 27.6 Å². The van der Waals surface area contributed by atoms with Crippen LogP contribution in [0.25, 0.3) is 0 Å². The lowest BCUT2D eigenvalue weighted by atomic mass is 10.1. The fourth-order valence-corrected chi connectivity index (χ4v) is 5.57. The van der Waals surface area contributed by atoms with Gasteiger partial charge in [-0.15, -0.1) is 11.3 Å². The van der Waals surface area contributed by atoms with E-state index in [1.54, 1.807) is 0 Å². The van der Waals surface area contributed by atoms with Crippen LogP contribution >= 0.6 is 46.3 Å². The number of hydrogen-bond acceptors (Lipinski definition) is 7. The Balaban J connectivity index is 1.82. The molecule has 0 saturated carbocycles. The second-order valence-electron chi connectivity index (χ2n) is 6.15. The number of rotatable bonds is 5. The Bertz CT molecular complexity index is 857. The monoisotopic (exact) mass is 446 g/mol. The minimum atomic E-state index is -0.507. The van der Waals surface area contributed by atoms with E-state index in [1.807, 2.05) is 7.05 Å². The summed E-state index contributed by atoms with van der Waals surface area (Å²) in [4.78, 5) is 30.3. The van der Waals surface area contributed by atoms with Crippen molar-refractivity contribution in [3.63, 3.8) is 0 Å². The van der Waals surface area contributed by atoms with E-state index in [2.05, 4.69) is 15.2 Å². The van der Waals surface area contributed by atoms with E-state index in [0.29, 0.717) is 24.0 Å². The molecule has 7 nitrogen and oxygen atoms in total. The second kappa shape index (κ2) is 8.74. The Labute approximate surface area is 174 Å². The molecule has 0 bridgehead atoms. The molecular formula is C16H16Cl2N4O3S2. The van der Waals surface area contributed by atoms with Crippen molar-refractivity contribution in [2.75, 3.05) is 20.1 Å². The Morgan fingerprint density at radius 1 is 1.44 bits per heavy atom. The normalized spacial score (nSPS) is 17.7. The predicted octanol–water partition coefficient (Wildman–Crippen LogP) is 4.33. The van der Waals surface area contributed by atoms with Crippen LogP contribution in [-0.2, 0) is 0 Å². The molecule has 3 heterocycles. The van der Waals surface area contributed by atoms with E-state index in [1.165, 1.54) is 18.5 Å². The summed E-state index contributed by atoms with van der Waals surface area (Å²) < 4.78 is 0.348. The molecule has 1 aliphatic rings. The van der Waals surface area contributed by atoms with Gasteiger partial charge in [-0.05, 0) is 26.4 Å². The average molecular weight is 447 g/mol. The molecule has 1 unspecified atom stereocenters. The zero-order valence-electron chi connectivity index (χ0n) is 14.3. The SMILES string of the molecule is CN1CCCC(NC(=O)c2cc([N+](=O)[O-])c(Sc3c(Cl)cncc3Cl)s2)C1. The maximum atomic E-state index is 12.6. The molecule has 1 aliphatic heterocycles. The lowest BCUT2D eigenvalue weighted by Crippen LogP contribution is -2.46. The molecule has 1 saturated heterocycles. The van der Waals surface area contributed by atoms with Gasteiger partial charge in [0.2, 0.25) is 0 Å². The van der Waals surface area contributed by atoms with Crippen LogP contribution in [0.3, 0.4) is 0 Å². The molecule has 1 atom stereocenters. The number of amides is 1. The molecule has 0 aliphatic carbocycles. The van der Waals surface area contributed by atoms with Crippen molar-refractivity contribution in [1.82, 2.24) is 15.2 Å². The first kappa shape index (κ1) is 20.3. The summed E-state index contributed by atoms with van der Waals surface area (Å²) in [7, 11) is 2.01. The number of thiophene rings is 1. The lowest BCUT2D eigenvalue weighted by Gasteiger charge is -2.30. The summed E-state index contributed by atoms with van der Waals surface area (Å²) in [5.74, 6) is -0.304. The Morgan fingerprint density at radius 3 is 2.78 bits per heavy atom. The minimum absolute atomic E-state index is 0.0394. The first-order valence-corrected chi connectivity index (χ1v) is 10.5. The topological polar surface area (TPSA) is 88.4 Å². The van der Waals surface area contributed by atoms with Crippen LogP contribution in [-0.4, -0.2) is 46.9 Å². The number of likely N-dealkylation sites (tertiary alicyclic amines) is 1. The predicted molar refractivity (Wildman–Crippen MR) is 107 cm³/mol. The third-order valence-electron chi connectivity index (χ3n) is 4.06. The molecule has 1 amide bonds. The first-order chi connectivity index (χ1) is 12.8. The van der Waals surface area contributed by atoms with Crippen LogP contribution in [0.2, 0.25) is 10.0 Å². The Kier molecular flexibility index (Phi) is 6.59.